The molecule has 2 rings (SSSR count). The van der Waals surface area contributed by atoms with Gasteiger partial charge in [-0.3, -0.25) is 4.79 Å². The van der Waals surface area contributed by atoms with Gasteiger partial charge < -0.3 is 10.4 Å². The van der Waals surface area contributed by atoms with Crippen molar-refractivity contribution in [2.24, 2.45) is 0 Å². The van der Waals surface area contributed by atoms with Gasteiger partial charge in [0.2, 0.25) is 5.91 Å². The molecule has 0 spiro atoms. The van der Waals surface area contributed by atoms with Gasteiger partial charge in [0, 0.05) is 31.4 Å². The predicted molar refractivity (Wildman–Crippen MR) is 107 cm³/mol. The fourth-order valence-corrected chi connectivity index (χ4v) is 5.66. The summed E-state index contributed by atoms with van der Waals surface area (Å²) in [4.78, 5) is 11.8. The standard InChI is InChI=1S/C19H26N2O4S2/c1-15(22)20-12-11-17-9-10-18(26-17)27(24,25)21(14-19(2,3)23)13-16-7-5-4-6-8-16/h4-10,23H,11-14H2,1-3H3,(H,20,22). The van der Waals surface area contributed by atoms with Crippen LogP contribution in [0.2, 0.25) is 0 Å². The molecule has 27 heavy (non-hydrogen) atoms. The fourth-order valence-electron chi connectivity index (χ4n) is 2.56. The summed E-state index contributed by atoms with van der Waals surface area (Å²) in [6, 6.07) is 12.7. The lowest BCUT2D eigenvalue weighted by molar-refractivity contribution is -0.118. The highest BCUT2D eigenvalue weighted by molar-refractivity contribution is 7.91. The maximum Gasteiger partial charge on any atom is 0.252 e. The molecule has 0 bridgehead atoms. The summed E-state index contributed by atoms with van der Waals surface area (Å²) in [7, 11) is -3.75. The molecule has 0 aliphatic rings. The molecule has 0 unspecified atom stereocenters. The average Bonchev–Trinajstić information content (AvgIpc) is 3.03. The van der Waals surface area contributed by atoms with Crippen molar-refractivity contribution in [2.75, 3.05) is 13.1 Å². The van der Waals surface area contributed by atoms with Gasteiger partial charge in [0.25, 0.3) is 10.0 Å². The smallest absolute Gasteiger partial charge is 0.252 e. The summed E-state index contributed by atoms with van der Waals surface area (Å²) in [6.45, 7) is 5.27. The Labute approximate surface area is 164 Å². The normalized spacial score (nSPS) is 12.3. The Bertz CT molecular complexity index is 855. The van der Waals surface area contributed by atoms with Crippen LogP contribution in [-0.4, -0.2) is 42.4 Å². The Hall–Kier alpha value is -1.74. The van der Waals surface area contributed by atoms with Crippen molar-refractivity contribution in [1.29, 1.82) is 0 Å². The van der Waals surface area contributed by atoms with E-state index in [0.29, 0.717) is 13.0 Å². The number of sulfonamides is 1. The molecule has 0 saturated heterocycles. The van der Waals surface area contributed by atoms with E-state index in [4.69, 9.17) is 0 Å². The molecule has 8 heteroatoms. The van der Waals surface area contributed by atoms with Gasteiger partial charge in [-0.2, -0.15) is 4.31 Å². The molecular formula is C19H26N2O4S2. The first-order valence-corrected chi connectivity index (χ1v) is 10.9. The number of thiophene rings is 1. The van der Waals surface area contributed by atoms with E-state index in [2.05, 4.69) is 5.32 Å². The van der Waals surface area contributed by atoms with E-state index >= 15 is 0 Å². The van der Waals surface area contributed by atoms with Gasteiger partial charge in [-0.1, -0.05) is 30.3 Å². The first kappa shape index (κ1) is 21.6. The van der Waals surface area contributed by atoms with E-state index in [9.17, 15) is 18.3 Å². The van der Waals surface area contributed by atoms with Crippen LogP contribution in [0.1, 0.15) is 31.2 Å². The predicted octanol–water partition coefficient (Wildman–Crippen LogP) is 2.39. The molecule has 0 fully saturated rings. The Morgan fingerprint density at radius 1 is 1.19 bits per heavy atom. The zero-order valence-corrected chi connectivity index (χ0v) is 17.4. The minimum Gasteiger partial charge on any atom is -0.389 e. The van der Waals surface area contributed by atoms with Gasteiger partial charge in [-0.25, -0.2) is 8.42 Å². The average molecular weight is 411 g/mol. The number of carbonyl (C=O) groups excluding carboxylic acids is 1. The molecule has 6 nitrogen and oxygen atoms in total. The van der Waals surface area contributed by atoms with Gasteiger partial charge in [-0.05, 0) is 38.0 Å². The van der Waals surface area contributed by atoms with Crippen LogP contribution in [0.4, 0.5) is 0 Å². The van der Waals surface area contributed by atoms with Crippen LogP contribution in [0.3, 0.4) is 0 Å². The van der Waals surface area contributed by atoms with E-state index in [1.807, 2.05) is 30.3 Å². The van der Waals surface area contributed by atoms with E-state index in [0.717, 1.165) is 10.4 Å². The second kappa shape index (κ2) is 8.97. The van der Waals surface area contributed by atoms with E-state index < -0.39 is 15.6 Å². The second-order valence-corrected chi connectivity index (χ2v) is 10.4. The molecule has 0 saturated carbocycles. The Morgan fingerprint density at radius 3 is 2.44 bits per heavy atom. The molecular weight excluding hydrogens is 384 g/mol. The number of hydrogen-bond acceptors (Lipinski definition) is 5. The third-order valence-corrected chi connectivity index (χ3v) is 7.15. The highest BCUT2D eigenvalue weighted by Crippen LogP contribution is 2.27. The van der Waals surface area contributed by atoms with Crippen LogP contribution in [0, 0.1) is 0 Å². The first-order valence-electron chi connectivity index (χ1n) is 8.67. The van der Waals surface area contributed by atoms with Gasteiger partial charge in [0.15, 0.2) is 0 Å². The highest BCUT2D eigenvalue weighted by Gasteiger charge is 2.30. The van der Waals surface area contributed by atoms with Crippen molar-refractivity contribution < 1.29 is 18.3 Å². The van der Waals surface area contributed by atoms with Crippen molar-refractivity contribution in [1.82, 2.24) is 9.62 Å². The number of nitrogens with one attached hydrogen (secondary N) is 1. The molecule has 1 aromatic carbocycles. The SMILES string of the molecule is CC(=O)NCCc1ccc(S(=O)(=O)N(Cc2ccccc2)CC(C)(C)O)s1. The summed E-state index contributed by atoms with van der Waals surface area (Å²) >= 11 is 1.19. The van der Waals surface area contributed by atoms with Crippen molar-refractivity contribution >= 4 is 27.3 Å². The van der Waals surface area contributed by atoms with Crippen LogP contribution in [0.5, 0.6) is 0 Å². The number of carbonyl (C=O) groups is 1. The quantitative estimate of drug-likeness (QED) is 0.665. The number of nitrogens with zero attached hydrogens (tertiary/aromatic N) is 1. The van der Waals surface area contributed by atoms with Crippen LogP contribution in [-0.2, 0) is 27.8 Å². The Balaban J connectivity index is 2.22. The van der Waals surface area contributed by atoms with Crippen LogP contribution < -0.4 is 5.32 Å². The molecule has 1 heterocycles. The molecule has 0 aliphatic carbocycles. The molecule has 2 aromatic rings. The minimum absolute atomic E-state index is 0.0106. The molecule has 0 atom stereocenters. The summed E-state index contributed by atoms with van der Waals surface area (Å²) in [5, 5.41) is 12.9. The lowest BCUT2D eigenvalue weighted by Crippen LogP contribution is -2.41. The molecule has 0 aliphatic heterocycles. The number of benzene rings is 1. The summed E-state index contributed by atoms with van der Waals surface area (Å²) in [5.74, 6) is -0.112. The van der Waals surface area contributed by atoms with E-state index in [1.165, 1.54) is 22.6 Å². The number of hydrogen-bond donors (Lipinski definition) is 2. The minimum atomic E-state index is -3.75. The lowest BCUT2D eigenvalue weighted by Gasteiger charge is -2.28. The van der Waals surface area contributed by atoms with Gasteiger partial charge in [-0.15, -0.1) is 11.3 Å². The first-order chi connectivity index (χ1) is 12.6. The van der Waals surface area contributed by atoms with Gasteiger partial charge in [0.05, 0.1) is 5.60 Å². The number of aliphatic hydroxyl groups is 1. The monoisotopic (exact) mass is 410 g/mol. The highest BCUT2D eigenvalue weighted by atomic mass is 32.2. The van der Waals surface area contributed by atoms with Crippen LogP contribution >= 0.6 is 11.3 Å². The lowest BCUT2D eigenvalue weighted by atomic mass is 10.1. The molecule has 1 aromatic heterocycles. The number of rotatable bonds is 9. The van der Waals surface area contributed by atoms with Crippen LogP contribution in [0.25, 0.3) is 0 Å². The van der Waals surface area contributed by atoms with E-state index in [1.54, 1.807) is 26.0 Å². The van der Waals surface area contributed by atoms with Gasteiger partial charge in [0.1, 0.15) is 4.21 Å². The van der Waals surface area contributed by atoms with Crippen molar-refractivity contribution in [2.45, 2.75) is 43.5 Å². The van der Waals surface area contributed by atoms with Crippen molar-refractivity contribution in [3.05, 3.63) is 52.9 Å². The van der Waals surface area contributed by atoms with E-state index in [-0.39, 0.29) is 23.2 Å². The maximum atomic E-state index is 13.2. The third-order valence-electron chi connectivity index (χ3n) is 3.74. The summed E-state index contributed by atoms with van der Waals surface area (Å²) < 4.78 is 27.9. The third kappa shape index (κ3) is 6.73. The molecule has 1 amide bonds. The zero-order chi connectivity index (χ0) is 20.1. The van der Waals surface area contributed by atoms with Crippen molar-refractivity contribution in [3.8, 4) is 0 Å². The Kier molecular flexibility index (Phi) is 7.16. The second-order valence-electron chi connectivity index (χ2n) is 7.02. The largest absolute Gasteiger partial charge is 0.389 e. The number of amides is 1. The van der Waals surface area contributed by atoms with Crippen LogP contribution in [0.15, 0.2) is 46.7 Å². The zero-order valence-electron chi connectivity index (χ0n) is 15.8. The maximum absolute atomic E-state index is 13.2. The van der Waals surface area contributed by atoms with Gasteiger partial charge >= 0.3 is 0 Å². The molecule has 148 valence electrons. The molecule has 0 radical (unpaired) electrons. The summed E-state index contributed by atoms with van der Waals surface area (Å²) in [6.07, 6.45) is 0.573. The Morgan fingerprint density at radius 2 is 1.85 bits per heavy atom. The molecule has 2 N–H and O–H groups in total. The summed E-state index contributed by atoms with van der Waals surface area (Å²) in [5.41, 5.74) is -0.305. The topological polar surface area (TPSA) is 86.7 Å². The fraction of sp³-hybridized carbons (Fsp3) is 0.421. The van der Waals surface area contributed by atoms with Crippen molar-refractivity contribution in [3.63, 3.8) is 0 Å².